The minimum Gasteiger partial charge on any atom is -0.616 e. The summed E-state index contributed by atoms with van der Waals surface area (Å²) in [5.41, 5.74) is 1.03. The van der Waals surface area contributed by atoms with Gasteiger partial charge >= 0.3 is 6.09 Å². The molecule has 5 atom stereocenters. The van der Waals surface area contributed by atoms with Crippen molar-refractivity contribution in [2.45, 2.75) is 12.0 Å². The SMILES string of the molecule is O=C(CO)NC[C@H]1CN(c2ccc([C@H]3[C@@H]4C[S+]([O-])C[C@@H]43)c(F)c2)C(=O)O1. The molecule has 1 aromatic carbocycles. The number of aliphatic hydroxyl groups is 1. The summed E-state index contributed by atoms with van der Waals surface area (Å²) in [5, 5.41) is 11.1. The van der Waals surface area contributed by atoms with Gasteiger partial charge in [0.25, 0.3) is 0 Å². The largest absolute Gasteiger partial charge is 0.616 e. The number of amides is 2. The summed E-state index contributed by atoms with van der Waals surface area (Å²) in [6.45, 7) is -0.352. The van der Waals surface area contributed by atoms with Gasteiger partial charge in [-0.3, -0.25) is 9.69 Å². The first kappa shape index (κ1) is 17.6. The number of rotatable bonds is 5. The molecule has 4 rings (SSSR count). The summed E-state index contributed by atoms with van der Waals surface area (Å²) in [6, 6.07) is 4.72. The fourth-order valence-electron chi connectivity index (χ4n) is 3.93. The highest BCUT2D eigenvalue weighted by Crippen LogP contribution is 2.59. The maximum Gasteiger partial charge on any atom is 0.414 e. The molecule has 3 fully saturated rings. The number of carbonyl (C=O) groups is 2. The first-order valence-corrected chi connectivity index (χ1v) is 9.97. The number of halogens is 1. The Kier molecular flexibility index (Phi) is 4.54. The number of ether oxygens (including phenoxy) is 1. The van der Waals surface area contributed by atoms with Gasteiger partial charge in [0.2, 0.25) is 5.91 Å². The van der Waals surface area contributed by atoms with E-state index in [4.69, 9.17) is 9.84 Å². The third-order valence-electron chi connectivity index (χ3n) is 5.29. The molecule has 2 N–H and O–H groups in total. The van der Waals surface area contributed by atoms with Gasteiger partial charge in [0.15, 0.2) is 0 Å². The number of cyclic esters (lactones) is 1. The molecule has 1 aliphatic carbocycles. The van der Waals surface area contributed by atoms with Crippen LogP contribution in [-0.2, 0) is 20.7 Å². The van der Waals surface area contributed by atoms with E-state index in [2.05, 4.69) is 5.32 Å². The van der Waals surface area contributed by atoms with Crippen LogP contribution < -0.4 is 10.2 Å². The number of fused-ring (bicyclic) bond motifs is 1. The quantitative estimate of drug-likeness (QED) is 0.716. The van der Waals surface area contributed by atoms with Crippen LogP contribution in [0.15, 0.2) is 18.2 Å². The van der Waals surface area contributed by atoms with E-state index in [-0.39, 0.29) is 24.8 Å². The molecule has 9 heteroatoms. The molecule has 7 nitrogen and oxygen atoms in total. The van der Waals surface area contributed by atoms with Gasteiger partial charge in [0.05, 0.1) is 18.8 Å². The van der Waals surface area contributed by atoms with Crippen molar-refractivity contribution >= 4 is 28.9 Å². The summed E-state index contributed by atoms with van der Waals surface area (Å²) >= 11 is -0.763. The summed E-state index contributed by atoms with van der Waals surface area (Å²) in [5.74, 6) is 1.14. The van der Waals surface area contributed by atoms with Crippen LogP contribution in [0.4, 0.5) is 14.9 Å². The zero-order valence-corrected chi connectivity index (χ0v) is 14.7. The average molecular weight is 382 g/mol. The lowest BCUT2D eigenvalue weighted by atomic mass is 10.1. The number of hydrogen-bond donors (Lipinski definition) is 2. The zero-order valence-electron chi connectivity index (χ0n) is 13.9. The molecule has 26 heavy (non-hydrogen) atoms. The van der Waals surface area contributed by atoms with Crippen molar-refractivity contribution in [1.82, 2.24) is 5.32 Å². The molecule has 1 unspecified atom stereocenters. The van der Waals surface area contributed by atoms with E-state index in [9.17, 15) is 18.5 Å². The van der Waals surface area contributed by atoms with Gasteiger partial charge in [0.1, 0.15) is 30.0 Å². The van der Waals surface area contributed by atoms with Crippen molar-refractivity contribution in [2.75, 3.05) is 36.1 Å². The second-order valence-corrected chi connectivity index (χ2v) is 8.46. The zero-order chi connectivity index (χ0) is 18.4. The van der Waals surface area contributed by atoms with Crippen LogP contribution >= 0.6 is 0 Å². The van der Waals surface area contributed by atoms with Crippen LogP contribution in [0.2, 0.25) is 0 Å². The highest BCUT2D eigenvalue weighted by Gasteiger charge is 2.60. The van der Waals surface area contributed by atoms with Crippen LogP contribution in [0.25, 0.3) is 0 Å². The predicted molar refractivity (Wildman–Crippen MR) is 91.7 cm³/mol. The van der Waals surface area contributed by atoms with Crippen molar-refractivity contribution in [3.63, 3.8) is 0 Å². The molecular formula is C17H19FN2O5S. The van der Waals surface area contributed by atoms with Crippen LogP contribution in [0.1, 0.15) is 11.5 Å². The van der Waals surface area contributed by atoms with Crippen molar-refractivity contribution in [3.05, 3.63) is 29.6 Å². The molecular weight excluding hydrogens is 363 g/mol. The lowest BCUT2D eigenvalue weighted by Crippen LogP contribution is -2.36. The van der Waals surface area contributed by atoms with Gasteiger partial charge in [-0.2, -0.15) is 0 Å². The Balaban J connectivity index is 1.41. The smallest absolute Gasteiger partial charge is 0.414 e. The van der Waals surface area contributed by atoms with E-state index < -0.39 is 35.9 Å². The van der Waals surface area contributed by atoms with Crippen molar-refractivity contribution in [3.8, 4) is 0 Å². The van der Waals surface area contributed by atoms with Crippen molar-refractivity contribution < 1.29 is 28.4 Å². The van der Waals surface area contributed by atoms with Crippen molar-refractivity contribution in [2.24, 2.45) is 11.8 Å². The Morgan fingerprint density at radius 3 is 2.81 bits per heavy atom. The van der Waals surface area contributed by atoms with Gasteiger partial charge < -0.3 is 19.7 Å². The number of benzene rings is 1. The van der Waals surface area contributed by atoms with Gasteiger partial charge in [-0.25, -0.2) is 9.18 Å². The third-order valence-corrected chi connectivity index (χ3v) is 6.80. The number of hydrogen-bond acceptors (Lipinski definition) is 5. The lowest BCUT2D eigenvalue weighted by Gasteiger charge is -2.15. The highest BCUT2D eigenvalue weighted by molar-refractivity contribution is 7.91. The second-order valence-electron chi connectivity index (χ2n) is 6.91. The second kappa shape index (κ2) is 6.71. The lowest BCUT2D eigenvalue weighted by molar-refractivity contribution is -0.124. The molecule has 2 aliphatic heterocycles. The van der Waals surface area contributed by atoms with E-state index in [0.717, 1.165) is 0 Å². The maximum atomic E-state index is 14.6. The van der Waals surface area contributed by atoms with E-state index in [1.165, 1.54) is 11.0 Å². The Bertz CT molecular complexity index is 736. The molecule has 3 aliphatic rings. The molecule has 0 bridgehead atoms. The van der Waals surface area contributed by atoms with E-state index >= 15 is 0 Å². The number of aliphatic hydroxyl groups excluding tert-OH is 1. The number of anilines is 1. The predicted octanol–water partition coefficient (Wildman–Crippen LogP) is 0.351. The molecule has 0 aromatic heterocycles. The molecule has 0 spiro atoms. The van der Waals surface area contributed by atoms with Crippen LogP contribution in [0.5, 0.6) is 0 Å². The Hall–Kier alpha value is -1.84. The van der Waals surface area contributed by atoms with Crippen LogP contribution in [-0.4, -0.2) is 59.0 Å². The summed E-state index contributed by atoms with van der Waals surface area (Å²) in [4.78, 5) is 24.4. The van der Waals surface area contributed by atoms with Gasteiger partial charge in [-0.05, 0) is 17.7 Å². The molecule has 1 aromatic rings. The Morgan fingerprint density at radius 1 is 1.42 bits per heavy atom. The number of nitrogens with zero attached hydrogens (tertiary/aromatic N) is 1. The van der Waals surface area contributed by atoms with Gasteiger partial charge in [0, 0.05) is 17.8 Å². The van der Waals surface area contributed by atoms with Crippen LogP contribution in [0, 0.1) is 17.7 Å². The molecule has 1 saturated carbocycles. The monoisotopic (exact) mass is 382 g/mol. The molecule has 2 heterocycles. The van der Waals surface area contributed by atoms with Gasteiger partial charge in [-0.1, -0.05) is 17.2 Å². The molecule has 2 saturated heterocycles. The number of carbonyl (C=O) groups excluding carboxylic acids is 2. The van der Waals surface area contributed by atoms with Crippen LogP contribution in [0.3, 0.4) is 0 Å². The summed E-state index contributed by atoms with van der Waals surface area (Å²) < 4.78 is 31.2. The first-order chi connectivity index (χ1) is 12.5. The summed E-state index contributed by atoms with van der Waals surface area (Å²) in [6.07, 6.45) is -1.16. The Labute approximate surface area is 152 Å². The van der Waals surface area contributed by atoms with Gasteiger partial charge in [-0.15, -0.1) is 0 Å². The maximum absolute atomic E-state index is 14.6. The van der Waals surface area contributed by atoms with E-state index in [1.54, 1.807) is 12.1 Å². The fourth-order valence-corrected chi connectivity index (χ4v) is 5.84. The molecule has 0 radical (unpaired) electrons. The first-order valence-electron chi connectivity index (χ1n) is 8.48. The standard InChI is InChI=1S/C17H19FN2O5S/c18-14-3-9(1-2-11(14)16-12-7-26(24)8-13(12)16)20-5-10(25-17(20)23)4-19-15(22)6-21/h1-3,10,12-13,16,21H,4-8H2,(H,19,22)/t10-,12-,13+,16+,26?/m0/s1. The molecule has 140 valence electrons. The highest BCUT2D eigenvalue weighted by atomic mass is 32.2. The Morgan fingerprint density at radius 2 is 2.15 bits per heavy atom. The number of nitrogens with one attached hydrogen (secondary N) is 1. The minimum atomic E-state index is -0.763. The van der Waals surface area contributed by atoms with E-state index in [0.29, 0.717) is 34.6 Å². The fraction of sp³-hybridized carbons (Fsp3) is 0.529. The average Bonchev–Trinajstić information content (AvgIpc) is 2.93. The molecule has 2 amide bonds. The topological polar surface area (TPSA) is 102 Å². The van der Waals surface area contributed by atoms with E-state index in [1.807, 2.05) is 0 Å². The van der Waals surface area contributed by atoms with Crippen molar-refractivity contribution in [1.29, 1.82) is 0 Å². The normalized spacial score (nSPS) is 32.3. The minimum absolute atomic E-state index is 0.0881. The summed E-state index contributed by atoms with van der Waals surface area (Å²) in [7, 11) is 0. The third kappa shape index (κ3) is 3.15.